The predicted molar refractivity (Wildman–Crippen MR) is 142 cm³/mol. The van der Waals surface area contributed by atoms with Crippen LogP contribution in [-0.4, -0.2) is 23.5 Å². The Balaban J connectivity index is 0.966. The Kier molecular flexibility index (Phi) is 6.24. The molecule has 2 heterocycles. The van der Waals surface area contributed by atoms with E-state index in [0.29, 0.717) is 12.1 Å². The van der Waals surface area contributed by atoms with Gasteiger partial charge < -0.3 is 10.6 Å². The first-order chi connectivity index (χ1) is 17.2. The molecular formula is C31H37N3O. The molecule has 2 aliphatic heterocycles. The van der Waals surface area contributed by atoms with Crippen LogP contribution in [0.5, 0.6) is 0 Å². The molecule has 3 atom stereocenters. The molecule has 2 amide bonds. The van der Waals surface area contributed by atoms with E-state index in [4.69, 9.17) is 0 Å². The highest BCUT2D eigenvalue weighted by Gasteiger charge is 2.43. The lowest BCUT2D eigenvalue weighted by Gasteiger charge is -2.31. The summed E-state index contributed by atoms with van der Waals surface area (Å²) in [7, 11) is 0. The van der Waals surface area contributed by atoms with Crippen molar-refractivity contribution < 1.29 is 4.79 Å². The number of hydrogen-bond acceptors (Lipinski definition) is 2. The summed E-state index contributed by atoms with van der Waals surface area (Å²) in [5.41, 5.74) is 4.33. The van der Waals surface area contributed by atoms with Crippen molar-refractivity contribution in [2.24, 2.45) is 5.92 Å². The molecule has 2 N–H and O–H groups in total. The van der Waals surface area contributed by atoms with Crippen molar-refractivity contribution in [2.45, 2.75) is 76.0 Å². The van der Waals surface area contributed by atoms with E-state index in [2.05, 4.69) is 89.2 Å². The fourth-order valence-corrected chi connectivity index (χ4v) is 7.02. The van der Waals surface area contributed by atoms with Crippen LogP contribution in [0.3, 0.4) is 0 Å². The van der Waals surface area contributed by atoms with E-state index < -0.39 is 0 Å². The molecule has 182 valence electrons. The van der Waals surface area contributed by atoms with Gasteiger partial charge in [-0.3, -0.25) is 4.90 Å². The molecule has 0 radical (unpaired) electrons. The molecule has 6 rings (SSSR count). The maximum Gasteiger partial charge on any atom is 0.315 e. The van der Waals surface area contributed by atoms with Gasteiger partial charge in [0.25, 0.3) is 0 Å². The van der Waals surface area contributed by atoms with Gasteiger partial charge in [0.2, 0.25) is 0 Å². The van der Waals surface area contributed by atoms with Crippen LogP contribution in [0.4, 0.5) is 4.79 Å². The third-order valence-electron chi connectivity index (χ3n) is 8.84. The number of fused-ring (bicyclic) bond motifs is 6. The molecular weight excluding hydrogens is 430 g/mol. The van der Waals surface area contributed by atoms with Crippen LogP contribution in [0, 0.1) is 5.92 Å². The Labute approximate surface area is 209 Å². The normalized spacial score (nSPS) is 26.4. The minimum absolute atomic E-state index is 0.0302. The lowest BCUT2D eigenvalue weighted by Crippen LogP contribution is -2.44. The molecule has 2 bridgehead atoms. The van der Waals surface area contributed by atoms with E-state index in [9.17, 15) is 4.79 Å². The number of rotatable bonds is 6. The first-order valence-corrected chi connectivity index (χ1v) is 13.6. The highest BCUT2D eigenvalue weighted by molar-refractivity contribution is 5.86. The lowest BCUT2D eigenvalue weighted by atomic mass is 9.84. The number of carbonyl (C=O) groups is 1. The summed E-state index contributed by atoms with van der Waals surface area (Å²) in [6, 6.07) is 25.3. The maximum absolute atomic E-state index is 12.8. The first-order valence-electron chi connectivity index (χ1n) is 13.6. The quantitative estimate of drug-likeness (QED) is 0.408. The number of urea groups is 1. The van der Waals surface area contributed by atoms with Crippen LogP contribution in [0.15, 0.2) is 66.7 Å². The Morgan fingerprint density at radius 1 is 0.857 bits per heavy atom. The fourth-order valence-electron chi connectivity index (χ4n) is 7.02. The van der Waals surface area contributed by atoms with Crippen LogP contribution in [0.1, 0.15) is 86.7 Å². The van der Waals surface area contributed by atoms with Gasteiger partial charge in [0, 0.05) is 18.1 Å². The summed E-state index contributed by atoms with van der Waals surface area (Å²) in [5.74, 6) is 0.786. The third-order valence-corrected chi connectivity index (χ3v) is 8.84. The average Bonchev–Trinajstić information content (AvgIpc) is 3.44. The minimum Gasteiger partial charge on any atom is -0.335 e. The second-order valence-electron chi connectivity index (χ2n) is 10.9. The van der Waals surface area contributed by atoms with Gasteiger partial charge in [-0.05, 0) is 91.8 Å². The van der Waals surface area contributed by atoms with E-state index in [1.807, 2.05) is 0 Å². The van der Waals surface area contributed by atoms with Crippen molar-refractivity contribution in [3.8, 4) is 0 Å². The van der Waals surface area contributed by atoms with E-state index in [1.165, 1.54) is 55.0 Å². The highest BCUT2D eigenvalue weighted by atomic mass is 16.2. The van der Waals surface area contributed by atoms with Gasteiger partial charge in [-0.15, -0.1) is 0 Å². The van der Waals surface area contributed by atoms with Gasteiger partial charge in [-0.1, -0.05) is 66.7 Å². The minimum atomic E-state index is -0.0414. The van der Waals surface area contributed by atoms with Crippen LogP contribution in [0.2, 0.25) is 0 Å². The van der Waals surface area contributed by atoms with E-state index in [0.717, 1.165) is 18.8 Å². The summed E-state index contributed by atoms with van der Waals surface area (Å²) < 4.78 is 0. The monoisotopic (exact) mass is 467 g/mol. The Bertz CT molecular complexity index is 1160. The largest absolute Gasteiger partial charge is 0.335 e. The number of nitrogens with one attached hydrogen (secondary N) is 2. The van der Waals surface area contributed by atoms with Crippen molar-refractivity contribution in [1.82, 2.24) is 15.5 Å². The maximum atomic E-state index is 12.8. The van der Waals surface area contributed by atoms with Gasteiger partial charge in [-0.2, -0.15) is 0 Å². The van der Waals surface area contributed by atoms with E-state index in [-0.39, 0.29) is 18.1 Å². The summed E-state index contributed by atoms with van der Waals surface area (Å²) in [5, 5.41) is 8.86. The molecule has 35 heavy (non-hydrogen) atoms. The van der Waals surface area contributed by atoms with E-state index >= 15 is 0 Å². The zero-order valence-corrected chi connectivity index (χ0v) is 20.7. The molecule has 3 unspecified atom stereocenters. The van der Waals surface area contributed by atoms with Gasteiger partial charge in [0.05, 0.1) is 6.04 Å². The van der Waals surface area contributed by atoms with Crippen molar-refractivity contribution in [2.75, 3.05) is 6.54 Å². The third kappa shape index (κ3) is 4.45. The fraction of sp³-hybridized carbons (Fsp3) is 0.452. The molecule has 4 heteroatoms. The molecule has 0 aromatic heterocycles. The van der Waals surface area contributed by atoms with Crippen molar-refractivity contribution >= 4 is 16.8 Å². The zero-order valence-electron chi connectivity index (χ0n) is 20.7. The van der Waals surface area contributed by atoms with Gasteiger partial charge in [0.15, 0.2) is 0 Å². The highest BCUT2D eigenvalue weighted by Crippen LogP contribution is 2.53. The number of carbonyl (C=O) groups excluding carboxylic acids is 1. The first kappa shape index (κ1) is 22.6. The number of benzene rings is 3. The molecule has 3 aliphatic rings. The second kappa shape index (κ2) is 9.66. The van der Waals surface area contributed by atoms with Crippen LogP contribution < -0.4 is 10.6 Å². The molecule has 3 aromatic rings. The standard InChI is InChI=1S/C31H37N3O/c1-21(25-12-6-8-23-7-2-3-9-26(23)25)32-31(35)33-24-15-13-22(14-16-24)19-20-34-29-17-18-30(34)28-11-5-4-10-27(28)29/h2-12,21-22,24,29-30H,13-20H2,1H3,(H2,32,33,35). The van der Waals surface area contributed by atoms with E-state index in [1.54, 1.807) is 11.1 Å². The van der Waals surface area contributed by atoms with Crippen LogP contribution in [-0.2, 0) is 0 Å². The zero-order chi connectivity index (χ0) is 23.8. The molecule has 3 aromatic carbocycles. The Hall–Kier alpha value is -2.85. The summed E-state index contributed by atoms with van der Waals surface area (Å²) in [6.07, 6.45) is 8.56. The molecule has 1 aliphatic carbocycles. The topological polar surface area (TPSA) is 44.4 Å². The summed E-state index contributed by atoms with van der Waals surface area (Å²) in [6.45, 7) is 3.29. The Morgan fingerprint density at radius 3 is 2.26 bits per heavy atom. The van der Waals surface area contributed by atoms with Gasteiger partial charge >= 0.3 is 6.03 Å². The smallest absolute Gasteiger partial charge is 0.315 e. The summed E-state index contributed by atoms with van der Waals surface area (Å²) in [4.78, 5) is 15.5. The lowest BCUT2D eigenvalue weighted by molar-refractivity contribution is 0.185. The molecule has 2 fully saturated rings. The van der Waals surface area contributed by atoms with Crippen LogP contribution in [0.25, 0.3) is 10.8 Å². The number of nitrogens with zero attached hydrogens (tertiary/aromatic N) is 1. The second-order valence-corrected chi connectivity index (χ2v) is 10.9. The molecule has 1 saturated carbocycles. The number of hydrogen-bond donors (Lipinski definition) is 2. The average molecular weight is 468 g/mol. The van der Waals surface area contributed by atoms with Crippen molar-refractivity contribution in [3.63, 3.8) is 0 Å². The summed E-state index contributed by atoms with van der Waals surface area (Å²) >= 11 is 0. The van der Waals surface area contributed by atoms with Crippen molar-refractivity contribution in [3.05, 3.63) is 83.4 Å². The predicted octanol–water partition coefficient (Wildman–Crippen LogP) is 7.04. The molecule has 0 spiro atoms. The molecule has 1 saturated heterocycles. The number of amides is 2. The van der Waals surface area contributed by atoms with Crippen LogP contribution >= 0.6 is 0 Å². The van der Waals surface area contributed by atoms with Crippen molar-refractivity contribution in [1.29, 1.82) is 0 Å². The van der Waals surface area contributed by atoms with Gasteiger partial charge in [0.1, 0.15) is 0 Å². The molecule has 4 nitrogen and oxygen atoms in total. The van der Waals surface area contributed by atoms with Gasteiger partial charge in [-0.25, -0.2) is 4.79 Å². The SMILES string of the molecule is CC(NC(=O)NC1CCC(CCN2C3CCC2c2ccccc23)CC1)c1cccc2ccccc12. The Morgan fingerprint density at radius 2 is 1.51 bits per heavy atom.